The lowest BCUT2D eigenvalue weighted by molar-refractivity contribution is 0.586. The minimum absolute atomic E-state index is 0.427. The van der Waals surface area contributed by atoms with Crippen molar-refractivity contribution in [1.82, 2.24) is 0 Å². The van der Waals surface area contributed by atoms with Crippen molar-refractivity contribution in [2.75, 3.05) is 5.21 Å². The Morgan fingerprint density at radius 1 is 1.44 bits per heavy atom. The Morgan fingerprint density at radius 2 is 1.78 bits per heavy atom. The van der Waals surface area contributed by atoms with Crippen molar-refractivity contribution in [3.63, 3.8) is 0 Å². The molecule has 0 saturated carbocycles. The second-order valence-electron chi connectivity index (χ2n) is 2.09. The van der Waals surface area contributed by atoms with Crippen LogP contribution in [-0.2, 0) is 9.84 Å². The minimum atomic E-state index is -3.30. The molecule has 0 aliphatic carbocycles. The average Bonchev–Trinajstić information content (AvgIpc) is 1.64. The number of hydrogen-bond acceptors (Lipinski definition) is 2. The molecule has 0 aromatic carbocycles. The molecule has 0 N–H and O–H groups in total. The van der Waals surface area contributed by atoms with Crippen LogP contribution in [0.2, 0.25) is 0 Å². The summed E-state index contributed by atoms with van der Waals surface area (Å²) in [6.07, 6.45) is 0. The van der Waals surface area contributed by atoms with Crippen LogP contribution in [0.3, 0.4) is 0 Å². The summed E-state index contributed by atoms with van der Waals surface area (Å²) in [5, 5.41) is -0.427. The number of halogens is 2. The highest BCUT2D eigenvalue weighted by atomic mass is 35.5. The number of hydrogen-bond donors (Lipinski definition) is 0. The predicted octanol–water partition coefficient (Wildman–Crippen LogP) is 1.57. The van der Waals surface area contributed by atoms with Crippen molar-refractivity contribution in [2.45, 2.75) is 18.1 Å². The zero-order valence-corrected chi connectivity index (χ0v) is 7.52. The first-order valence-corrected chi connectivity index (χ1v) is 4.85. The number of rotatable bonds is 2. The fraction of sp³-hybridized carbons (Fsp3) is 1.00. The third kappa shape index (κ3) is 2.32. The monoisotopic (exact) mass is 190 g/mol. The second-order valence-corrected chi connectivity index (χ2v) is 6.38. The summed E-state index contributed by atoms with van der Waals surface area (Å²) >= 11 is 10.6. The van der Waals surface area contributed by atoms with Gasteiger partial charge in [-0.3, -0.25) is 0 Å². The van der Waals surface area contributed by atoms with Crippen LogP contribution in [-0.4, -0.2) is 17.8 Å². The summed E-state index contributed by atoms with van der Waals surface area (Å²) in [5.74, 6) is 0. The van der Waals surface area contributed by atoms with Crippen molar-refractivity contribution >= 4 is 33.0 Å². The van der Waals surface area contributed by atoms with Crippen LogP contribution >= 0.6 is 23.2 Å². The van der Waals surface area contributed by atoms with Gasteiger partial charge in [0.1, 0.15) is 9.42 Å². The first-order chi connectivity index (χ1) is 3.81. The summed E-state index contributed by atoms with van der Waals surface area (Å²) in [6.45, 7) is 2.79. The molecule has 0 unspecified atom stereocenters. The molecular weight excluding hydrogens is 183 g/mol. The van der Waals surface area contributed by atoms with Crippen LogP contribution in [0.25, 0.3) is 0 Å². The minimum Gasteiger partial charge on any atom is -0.226 e. The van der Waals surface area contributed by atoms with Crippen LogP contribution in [0, 0.1) is 0 Å². The van der Waals surface area contributed by atoms with Gasteiger partial charge in [-0.05, 0) is 13.8 Å². The topological polar surface area (TPSA) is 34.1 Å². The smallest absolute Gasteiger partial charge is 0.183 e. The number of sulfone groups is 1. The zero-order valence-electron chi connectivity index (χ0n) is 5.19. The van der Waals surface area contributed by atoms with E-state index in [2.05, 4.69) is 0 Å². The first kappa shape index (κ1) is 9.53. The molecule has 0 amide bonds. The Balaban J connectivity index is 4.57. The Hall–Kier alpha value is 0.530. The Bertz CT molecular complexity index is 177. The maximum atomic E-state index is 10.8. The molecule has 2 nitrogen and oxygen atoms in total. The lowest BCUT2D eigenvalue weighted by Crippen LogP contribution is -2.25. The summed E-state index contributed by atoms with van der Waals surface area (Å²) in [4.78, 5) is 0. The molecule has 0 aromatic heterocycles. The van der Waals surface area contributed by atoms with E-state index in [1.165, 1.54) is 13.8 Å². The van der Waals surface area contributed by atoms with E-state index in [0.29, 0.717) is 0 Å². The summed E-state index contributed by atoms with van der Waals surface area (Å²) in [7, 11) is -3.30. The molecular formula is C4H8Cl2O2S. The molecule has 0 atom stereocenters. The van der Waals surface area contributed by atoms with Gasteiger partial charge in [0.15, 0.2) is 9.84 Å². The number of alkyl halides is 2. The third-order valence-electron chi connectivity index (χ3n) is 0.883. The lowest BCUT2D eigenvalue weighted by atomic mass is 10.6. The SMILES string of the molecule is CC(C)(Cl)S(=O)(=O)CCl. The van der Waals surface area contributed by atoms with Gasteiger partial charge in [-0.1, -0.05) is 0 Å². The van der Waals surface area contributed by atoms with E-state index in [1.54, 1.807) is 0 Å². The molecule has 9 heavy (non-hydrogen) atoms. The average molecular weight is 191 g/mol. The molecule has 5 heteroatoms. The van der Waals surface area contributed by atoms with E-state index < -0.39 is 19.3 Å². The molecule has 0 aliphatic rings. The van der Waals surface area contributed by atoms with Crippen LogP contribution in [0.15, 0.2) is 0 Å². The molecule has 0 heterocycles. The van der Waals surface area contributed by atoms with Gasteiger partial charge in [0.25, 0.3) is 0 Å². The fourth-order valence-electron chi connectivity index (χ4n) is 0.130. The van der Waals surface area contributed by atoms with Crippen LogP contribution in [0.1, 0.15) is 13.8 Å². The molecule has 0 aromatic rings. The van der Waals surface area contributed by atoms with Gasteiger partial charge in [-0.2, -0.15) is 0 Å². The largest absolute Gasteiger partial charge is 0.226 e. The van der Waals surface area contributed by atoms with E-state index in [4.69, 9.17) is 23.2 Å². The summed E-state index contributed by atoms with van der Waals surface area (Å²) in [5.41, 5.74) is 0. The van der Waals surface area contributed by atoms with Gasteiger partial charge >= 0.3 is 0 Å². The third-order valence-corrected chi connectivity index (χ3v) is 4.22. The Kier molecular flexibility index (Phi) is 2.80. The van der Waals surface area contributed by atoms with Gasteiger partial charge < -0.3 is 0 Å². The van der Waals surface area contributed by atoms with Crippen molar-refractivity contribution in [3.05, 3.63) is 0 Å². The molecule has 0 bridgehead atoms. The lowest BCUT2D eigenvalue weighted by Gasteiger charge is -2.13. The van der Waals surface area contributed by atoms with E-state index in [9.17, 15) is 8.42 Å². The molecule has 0 radical (unpaired) electrons. The van der Waals surface area contributed by atoms with Gasteiger partial charge in [-0.15, -0.1) is 23.2 Å². The second kappa shape index (κ2) is 2.64. The normalized spacial score (nSPS) is 13.8. The predicted molar refractivity (Wildman–Crippen MR) is 39.6 cm³/mol. The fourth-order valence-corrected chi connectivity index (χ4v) is 1.54. The highest BCUT2D eigenvalue weighted by Gasteiger charge is 2.30. The van der Waals surface area contributed by atoms with Crippen LogP contribution in [0.4, 0.5) is 0 Å². The molecule has 0 spiro atoms. The van der Waals surface area contributed by atoms with Crippen molar-refractivity contribution < 1.29 is 8.42 Å². The first-order valence-electron chi connectivity index (χ1n) is 2.28. The molecule has 56 valence electrons. The van der Waals surface area contributed by atoms with E-state index in [-0.39, 0.29) is 0 Å². The van der Waals surface area contributed by atoms with Crippen molar-refractivity contribution in [1.29, 1.82) is 0 Å². The highest BCUT2D eigenvalue weighted by Crippen LogP contribution is 2.22. The molecule has 0 saturated heterocycles. The summed E-state index contributed by atoms with van der Waals surface area (Å²) < 4.78 is 20.3. The van der Waals surface area contributed by atoms with E-state index in [1.807, 2.05) is 0 Å². The molecule has 0 rings (SSSR count). The van der Waals surface area contributed by atoms with Crippen molar-refractivity contribution in [2.24, 2.45) is 0 Å². The maximum absolute atomic E-state index is 10.8. The zero-order chi connectivity index (χ0) is 7.71. The molecule has 0 aliphatic heterocycles. The molecule has 0 fully saturated rings. The van der Waals surface area contributed by atoms with Gasteiger partial charge in [0.2, 0.25) is 0 Å². The Morgan fingerprint density at radius 3 is 1.78 bits per heavy atom. The standard InChI is InChI=1S/C4H8Cl2O2S/c1-4(2,6)9(7,8)3-5/h3H2,1-2H3. The quantitative estimate of drug-likeness (QED) is 0.621. The van der Waals surface area contributed by atoms with Gasteiger partial charge in [-0.25, -0.2) is 8.42 Å². The van der Waals surface area contributed by atoms with Gasteiger partial charge in [0, 0.05) is 0 Å². The van der Waals surface area contributed by atoms with E-state index >= 15 is 0 Å². The van der Waals surface area contributed by atoms with Crippen molar-refractivity contribution in [3.8, 4) is 0 Å². The Labute approximate surface area is 65.1 Å². The summed E-state index contributed by atoms with van der Waals surface area (Å²) in [6, 6.07) is 0. The van der Waals surface area contributed by atoms with Crippen LogP contribution in [0.5, 0.6) is 0 Å². The van der Waals surface area contributed by atoms with E-state index in [0.717, 1.165) is 0 Å². The van der Waals surface area contributed by atoms with Crippen LogP contribution < -0.4 is 0 Å². The maximum Gasteiger partial charge on any atom is 0.183 e. The highest BCUT2D eigenvalue weighted by molar-refractivity contribution is 7.95. The van der Waals surface area contributed by atoms with Gasteiger partial charge in [0.05, 0.1) is 0 Å².